The zero-order valence-corrected chi connectivity index (χ0v) is 26.5. The molecule has 0 saturated heterocycles. The molecular formula is C31H53N3O7. The molecule has 0 unspecified atom stereocenters. The first-order chi connectivity index (χ1) is 19.2. The van der Waals surface area contributed by atoms with Crippen LogP contribution in [-0.2, 0) is 20.7 Å². The molecule has 4 atom stereocenters. The van der Waals surface area contributed by atoms with Crippen LogP contribution in [0.1, 0.15) is 79.7 Å². The third-order valence-electron chi connectivity index (χ3n) is 6.90. The lowest BCUT2D eigenvalue weighted by Crippen LogP contribution is -2.48. The van der Waals surface area contributed by atoms with Crippen molar-refractivity contribution in [2.24, 2.45) is 17.8 Å². The lowest BCUT2D eigenvalue weighted by Gasteiger charge is -2.32. The van der Waals surface area contributed by atoms with Crippen LogP contribution in [0.2, 0.25) is 0 Å². The number of ether oxygens (including phenoxy) is 3. The van der Waals surface area contributed by atoms with Crippen LogP contribution in [0.15, 0.2) is 18.2 Å². The Hall–Kier alpha value is -3.01. The number of aliphatic hydroxyl groups excluding tert-OH is 1. The van der Waals surface area contributed by atoms with Gasteiger partial charge in [0, 0.05) is 19.5 Å². The Morgan fingerprint density at radius 3 is 2.29 bits per heavy atom. The highest BCUT2D eigenvalue weighted by Gasteiger charge is 2.31. The van der Waals surface area contributed by atoms with Crippen LogP contribution < -0.4 is 25.4 Å². The second-order valence-corrected chi connectivity index (χ2v) is 12.0. The molecule has 0 aliphatic heterocycles. The molecule has 4 N–H and O–H groups in total. The molecule has 1 rings (SSSR count). The molecule has 41 heavy (non-hydrogen) atoms. The molecule has 1 aromatic rings. The van der Waals surface area contributed by atoms with E-state index in [-0.39, 0.29) is 36.7 Å². The van der Waals surface area contributed by atoms with E-state index >= 15 is 0 Å². The maximum atomic E-state index is 12.8. The monoisotopic (exact) mass is 579 g/mol. The number of likely N-dealkylation sites (N-methyl/N-ethyl adjacent to an activating group) is 1. The summed E-state index contributed by atoms with van der Waals surface area (Å²) in [6.07, 6.45) is 1.59. The van der Waals surface area contributed by atoms with Gasteiger partial charge in [-0.3, -0.25) is 9.59 Å². The van der Waals surface area contributed by atoms with Gasteiger partial charge in [-0.1, -0.05) is 40.2 Å². The second-order valence-electron chi connectivity index (χ2n) is 12.0. The van der Waals surface area contributed by atoms with E-state index in [1.165, 1.54) is 7.11 Å². The van der Waals surface area contributed by atoms with E-state index in [0.29, 0.717) is 30.9 Å². The molecule has 0 heterocycles. The summed E-state index contributed by atoms with van der Waals surface area (Å²) in [6, 6.07) is 4.96. The Morgan fingerprint density at radius 2 is 1.73 bits per heavy atom. The third-order valence-corrected chi connectivity index (χ3v) is 6.90. The third kappa shape index (κ3) is 13.9. The zero-order chi connectivity index (χ0) is 31.2. The normalized spacial score (nSPS) is 14.4. The Kier molecular flexibility index (Phi) is 15.6. The van der Waals surface area contributed by atoms with Gasteiger partial charge in [0.25, 0.3) is 5.91 Å². The smallest absolute Gasteiger partial charge is 0.407 e. The molecule has 1 aromatic carbocycles. The molecule has 0 fully saturated rings. The SMILES string of the molecule is CCCCNC(=O)[C@H](C)C[C@H](O)[C@H](C[C@H](Cc1ccc(OC)c(OCC(=O)NC)c1)C(C)C)NC(=O)OC(C)(C)C. The number of nitrogens with one attached hydrogen (secondary N) is 3. The molecule has 0 radical (unpaired) electrons. The number of methoxy groups -OCH3 is 1. The highest BCUT2D eigenvalue weighted by Crippen LogP contribution is 2.31. The number of amides is 3. The number of alkyl carbamates (subject to hydrolysis) is 1. The van der Waals surface area contributed by atoms with Crippen LogP contribution in [0.3, 0.4) is 0 Å². The topological polar surface area (TPSA) is 135 Å². The second kappa shape index (κ2) is 17.7. The van der Waals surface area contributed by atoms with Crippen molar-refractivity contribution >= 4 is 17.9 Å². The van der Waals surface area contributed by atoms with Crippen LogP contribution in [0.4, 0.5) is 4.79 Å². The molecule has 0 aliphatic carbocycles. The quantitative estimate of drug-likeness (QED) is 0.203. The summed E-state index contributed by atoms with van der Waals surface area (Å²) in [5, 5.41) is 19.6. The van der Waals surface area contributed by atoms with E-state index in [1.54, 1.807) is 40.8 Å². The first-order valence-corrected chi connectivity index (χ1v) is 14.7. The van der Waals surface area contributed by atoms with Crippen molar-refractivity contribution in [1.82, 2.24) is 16.0 Å². The van der Waals surface area contributed by atoms with E-state index in [9.17, 15) is 19.5 Å². The van der Waals surface area contributed by atoms with Gasteiger partial charge in [-0.05, 0) is 76.0 Å². The van der Waals surface area contributed by atoms with Crippen molar-refractivity contribution in [2.75, 3.05) is 27.3 Å². The van der Waals surface area contributed by atoms with Crippen LogP contribution in [0.25, 0.3) is 0 Å². The van der Waals surface area contributed by atoms with Gasteiger partial charge in [-0.25, -0.2) is 4.79 Å². The minimum Gasteiger partial charge on any atom is -0.493 e. The minimum absolute atomic E-state index is 0.0541. The highest BCUT2D eigenvalue weighted by atomic mass is 16.6. The van der Waals surface area contributed by atoms with E-state index < -0.39 is 29.8 Å². The molecule has 0 aromatic heterocycles. The molecule has 0 spiro atoms. The highest BCUT2D eigenvalue weighted by molar-refractivity contribution is 5.78. The number of carbonyl (C=O) groups is 3. The van der Waals surface area contributed by atoms with E-state index in [4.69, 9.17) is 14.2 Å². The largest absolute Gasteiger partial charge is 0.493 e. The van der Waals surface area contributed by atoms with Crippen molar-refractivity contribution in [1.29, 1.82) is 0 Å². The number of aliphatic hydroxyl groups is 1. The fourth-order valence-corrected chi connectivity index (χ4v) is 4.36. The summed E-state index contributed by atoms with van der Waals surface area (Å²) in [7, 11) is 3.08. The van der Waals surface area contributed by atoms with Crippen LogP contribution in [-0.4, -0.2) is 68.1 Å². The predicted molar refractivity (Wildman–Crippen MR) is 160 cm³/mol. The summed E-state index contributed by atoms with van der Waals surface area (Å²) >= 11 is 0. The number of hydrogen-bond acceptors (Lipinski definition) is 7. The number of hydrogen-bond donors (Lipinski definition) is 4. The van der Waals surface area contributed by atoms with Crippen molar-refractivity contribution in [3.63, 3.8) is 0 Å². The van der Waals surface area contributed by atoms with Gasteiger partial charge in [0.2, 0.25) is 5.91 Å². The molecule has 10 nitrogen and oxygen atoms in total. The molecule has 10 heteroatoms. The maximum Gasteiger partial charge on any atom is 0.407 e. The Balaban J connectivity index is 3.14. The van der Waals surface area contributed by atoms with Gasteiger partial charge in [-0.15, -0.1) is 0 Å². The van der Waals surface area contributed by atoms with Crippen LogP contribution >= 0.6 is 0 Å². The van der Waals surface area contributed by atoms with Gasteiger partial charge >= 0.3 is 6.09 Å². The lowest BCUT2D eigenvalue weighted by atomic mass is 9.82. The maximum absolute atomic E-state index is 12.8. The molecular weight excluding hydrogens is 526 g/mol. The van der Waals surface area contributed by atoms with E-state index in [2.05, 4.69) is 36.7 Å². The lowest BCUT2D eigenvalue weighted by molar-refractivity contribution is -0.125. The zero-order valence-electron chi connectivity index (χ0n) is 26.5. The van der Waals surface area contributed by atoms with Crippen molar-refractivity contribution in [3.8, 4) is 11.5 Å². The molecule has 234 valence electrons. The number of benzene rings is 1. The Labute approximate surface area is 246 Å². The average molecular weight is 580 g/mol. The van der Waals surface area contributed by atoms with Crippen molar-refractivity contribution in [2.45, 2.75) is 98.3 Å². The van der Waals surface area contributed by atoms with Gasteiger partial charge in [0.05, 0.1) is 19.3 Å². The molecule has 0 aliphatic rings. The van der Waals surface area contributed by atoms with Crippen LogP contribution in [0, 0.1) is 17.8 Å². The standard InChI is InChI=1S/C31H53N3O7/c1-10-11-14-33-29(37)21(4)15-25(35)24(34-30(38)41-31(5,6)7)18-23(20(2)3)16-22-12-13-26(39-9)27(17-22)40-19-28(36)32-8/h12-13,17,20-21,23-25,35H,10-11,14-16,18-19H2,1-9H3,(H,32,36)(H,33,37)(H,34,38)/t21-,23+,24+,25+/m1/s1. The summed E-state index contributed by atoms with van der Waals surface area (Å²) < 4.78 is 16.6. The van der Waals surface area contributed by atoms with Gasteiger partial charge in [-0.2, -0.15) is 0 Å². The first-order valence-electron chi connectivity index (χ1n) is 14.7. The summed E-state index contributed by atoms with van der Waals surface area (Å²) in [5.74, 6) is 0.444. The number of rotatable bonds is 17. The van der Waals surface area contributed by atoms with Crippen molar-refractivity contribution in [3.05, 3.63) is 23.8 Å². The van der Waals surface area contributed by atoms with Crippen LogP contribution in [0.5, 0.6) is 11.5 Å². The predicted octanol–water partition coefficient (Wildman–Crippen LogP) is 4.22. The fourth-order valence-electron chi connectivity index (χ4n) is 4.36. The van der Waals surface area contributed by atoms with E-state index in [1.807, 2.05) is 12.1 Å². The van der Waals surface area contributed by atoms with Gasteiger partial charge in [0.15, 0.2) is 18.1 Å². The molecule has 0 bridgehead atoms. The van der Waals surface area contributed by atoms with Gasteiger partial charge in [0.1, 0.15) is 5.60 Å². The Bertz CT molecular complexity index is 962. The minimum atomic E-state index is -0.960. The molecule has 0 saturated carbocycles. The van der Waals surface area contributed by atoms with E-state index in [0.717, 1.165) is 18.4 Å². The fraction of sp³-hybridized carbons (Fsp3) is 0.710. The number of unbranched alkanes of at least 4 members (excludes halogenated alkanes) is 1. The summed E-state index contributed by atoms with van der Waals surface area (Å²) in [6.45, 7) is 13.8. The first kappa shape index (κ1) is 36.0. The average Bonchev–Trinajstić information content (AvgIpc) is 2.89. The summed E-state index contributed by atoms with van der Waals surface area (Å²) in [5.41, 5.74) is 0.267. The van der Waals surface area contributed by atoms with Gasteiger partial charge < -0.3 is 35.3 Å². The summed E-state index contributed by atoms with van der Waals surface area (Å²) in [4.78, 5) is 37.0. The Morgan fingerprint density at radius 1 is 1.05 bits per heavy atom. The molecule has 3 amide bonds. The number of carbonyl (C=O) groups excluding carboxylic acids is 3. The van der Waals surface area contributed by atoms with Crippen molar-refractivity contribution < 1.29 is 33.7 Å².